The molecule has 0 bridgehead atoms. The van der Waals surface area contributed by atoms with Crippen LogP contribution in [0.5, 0.6) is 0 Å². The molecule has 132 valence electrons. The van der Waals surface area contributed by atoms with Crippen LogP contribution >= 0.6 is 0 Å². The van der Waals surface area contributed by atoms with Gasteiger partial charge >= 0.3 is 6.18 Å². The highest BCUT2D eigenvalue weighted by atomic mass is 19.4. The van der Waals surface area contributed by atoms with Crippen molar-refractivity contribution in [1.82, 2.24) is 10.2 Å². The van der Waals surface area contributed by atoms with E-state index < -0.39 is 17.6 Å². The number of benzene rings is 2. The summed E-state index contributed by atoms with van der Waals surface area (Å²) < 4.78 is 37.6. The van der Waals surface area contributed by atoms with Gasteiger partial charge in [0.2, 0.25) is 0 Å². The molecule has 3 aromatic rings. The third-order valence-electron chi connectivity index (χ3n) is 3.41. The Hall–Kier alpha value is -3.42. The van der Waals surface area contributed by atoms with Crippen LogP contribution in [0.25, 0.3) is 0 Å². The number of hydrogen-bond acceptors (Lipinski definition) is 4. The van der Waals surface area contributed by atoms with E-state index in [1.165, 1.54) is 24.3 Å². The van der Waals surface area contributed by atoms with E-state index in [0.717, 1.165) is 12.1 Å². The molecule has 0 aliphatic carbocycles. The van der Waals surface area contributed by atoms with Crippen LogP contribution in [0.4, 0.5) is 30.4 Å². The van der Waals surface area contributed by atoms with E-state index in [9.17, 15) is 18.0 Å². The molecule has 3 rings (SSSR count). The third kappa shape index (κ3) is 4.35. The first kappa shape index (κ1) is 17.4. The van der Waals surface area contributed by atoms with Crippen LogP contribution in [-0.4, -0.2) is 16.1 Å². The summed E-state index contributed by atoms with van der Waals surface area (Å²) in [5.74, 6) is -0.106. The van der Waals surface area contributed by atoms with Crippen LogP contribution in [-0.2, 0) is 6.18 Å². The number of carbonyl (C=O) groups excluding carboxylic acids is 1. The second-order valence-electron chi connectivity index (χ2n) is 5.32. The van der Waals surface area contributed by atoms with Crippen LogP contribution in [0.1, 0.15) is 16.1 Å². The Balaban J connectivity index is 1.65. The third-order valence-corrected chi connectivity index (χ3v) is 3.41. The number of hydrogen-bond donors (Lipinski definition) is 2. The van der Waals surface area contributed by atoms with Crippen LogP contribution in [0.15, 0.2) is 66.7 Å². The minimum atomic E-state index is -4.38. The average Bonchev–Trinajstić information content (AvgIpc) is 2.63. The summed E-state index contributed by atoms with van der Waals surface area (Å²) in [6, 6.07) is 16.4. The fraction of sp³-hybridized carbons (Fsp3) is 0.0556. The molecule has 5 nitrogen and oxygen atoms in total. The number of nitrogens with one attached hydrogen (secondary N) is 2. The van der Waals surface area contributed by atoms with Gasteiger partial charge in [0.15, 0.2) is 11.5 Å². The monoisotopic (exact) mass is 358 g/mol. The maximum atomic E-state index is 12.5. The zero-order valence-electron chi connectivity index (χ0n) is 13.3. The summed E-state index contributed by atoms with van der Waals surface area (Å²) in [4.78, 5) is 12.1. The van der Waals surface area contributed by atoms with Gasteiger partial charge < -0.3 is 10.6 Å². The molecule has 2 N–H and O–H groups in total. The molecular formula is C18H13F3N4O. The number of halogens is 3. The van der Waals surface area contributed by atoms with Crippen LogP contribution < -0.4 is 10.6 Å². The molecule has 0 radical (unpaired) electrons. The topological polar surface area (TPSA) is 66.9 Å². The van der Waals surface area contributed by atoms with Crippen molar-refractivity contribution in [2.45, 2.75) is 6.18 Å². The normalized spacial score (nSPS) is 11.0. The van der Waals surface area contributed by atoms with E-state index in [0.29, 0.717) is 17.2 Å². The van der Waals surface area contributed by atoms with Gasteiger partial charge in [-0.2, -0.15) is 13.2 Å². The predicted molar refractivity (Wildman–Crippen MR) is 91.2 cm³/mol. The molecular weight excluding hydrogens is 345 g/mol. The summed E-state index contributed by atoms with van der Waals surface area (Å²) in [5, 5.41) is 13.2. The predicted octanol–water partition coefficient (Wildman–Crippen LogP) is 4.49. The van der Waals surface area contributed by atoms with E-state index in [1.807, 2.05) is 6.07 Å². The van der Waals surface area contributed by atoms with Gasteiger partial charge in [-0.25, -0.2) is 0 Å². The molecule has 26 heavy (non-hydrogen) atoms. The Morgan fingerprint density at radius 3 is 2.08 bits per heavy atom. The number of nitrogens with zero attached hydrogens (tertiary/aromatic N) is 2. The second-order valence-corrected chi connectivity index (χ2v) is 5.32. The highest BCUT2D eigenvalue weighted by Gasteiger charge is 2.29. The molecule has 0 aliphatic rings. The molecule has 0 saturated heterocycles. The lowest BCUT2D eigenvalue weighted by Gasteiger charge is -2.09. The van der Waals surface area contributed by atoms with Gasteiger partial charge in [0, 0.05) is 11.4 Å². The molecule has 1 heterocycles. The van der Waals surface area contributed by atoms with E-state index in [1.54, 1.807) is 24.3 Å². The largest absolute Gasteiger partial charge is 0.416 e. The molecule has 0 fully saturated rings. The highest BCUT2D eigenvalue weighted by molar-refractivity contribution is 6.02. The van der Waals surface area contributed by atoms with Gasteiger partial charge in [0.05, 0.1) is 5.56 Å². The minimum absolute atomic E-state index is 0.117. The lowest BCUT2D eigenvalue weighted by atomic mass is 10.2. The number of aromatic nitrogens is 2. The summed E-state index contributed by atoms with van der Waals surface area (Å²) >= 11 is 0. The molecule has 0 atom stereocenters. The number of amides is 1. The van der Waals surface area contributed by atoms with Gasteiger partial charge in [-0.1, -0.05) is 18.2 Å². The Kier molecular flexibility index (Phi) is 4.83. The van der Waals surface area contributed by atoms with Crippen molar-refractivity contribution < 1.29 is 18.0 Å². The molecule has 1 amide bonds. The van der Waals surface area contributed by atoms with Crippen molar-refractivity contribution in [3.05, 3.63) is 78.0 Å². The molecule has 8 heteroatoms. The summed E-state index contributed by atoms with van der Waals surface area (Å²) in [7, 11) is 0. The summed E-state index contributed by atoms with van der Waals surface area (Å²) in [6.45, 7) is 0. The Morgan fingerprint density at radius 2 is 1.50 bits per heavy atom. The molecule has 0 saturated carbocycles. The summed E-state index contributed by atoms with van der Waals surface area (Å²) in [5.41, 5.74) is 0.439. The number of anilines is 3. The maximum Gasteiger partial charge on any atom is 0.416 e. The van der Waals surface area contributed by atoms with Crippen LogP contribution in [0, 0.1) is 0 Å². The van der Waals surface area contributed by atoms with Crippen LogP contribution in [0.2, 0.25) is 0 Å². The Bertz CT molecular complexity index is 879. The fourth-order valence-electron chi connectivity index (χ4n) is 2.13. The SMILES string of the molecule is O=C(Nc1ccccc1)c1ccc(Nc2ccc(C(F)(F)F)cc2)nn1. The van der Waals surface area contributed by atoms with Gasteiger partial charge in [-0.15, -0.1) is 10.2 Å². The van der Waals surface area contributed by atoms with Crippen molar-refractivity contribution in [1.29, 1.82) is 0 Å². The summed E-state index contributed by atoms with van der Waals surface area (Å²) in [6.07, 6.45) is -4.38. The first-order valence-corrected chi connectivity index (χ1v) is 7.56. The molecule has 0 aliphatic heterocycles. The zero-order chi connectivity index (χ0) is 18.6. The first-order valence-electron chi connectivity index (χ1n) is 7.56. The standard InChI is InChI=1S/C18H13F3N4O/c19-18(20,21)12-6-8-14(9-7-12)22-16-11-10-15(24-25-16)17(26)23-13-4-2-1-3-5-13/h1-11H,(H,22,25)(H,23,26). The Labute approximate surface area is 146 Å². The number of carbonyl (C=O) groups is 1. The second kappa shape index (κ2) is 7.22. The van der Waals surface area contributed by atoms with Crippen molar-refractivity contribution in [3.63, 3.8) is 0 Å². The first-order chi connectivity index (χ1) is 12.4. The fourth-order valence-corrected chi connectivity index (χ4v) is 2.13. The lowest BCUT2D eigenvalue weighted by molar-refractivity contribution is -0.137. The van der Waals surface area contributed by atoms with E-state index >= 15 is 0 Å². The van der Waals surface area contributed by atoms with Crippen molar-refractivity contribution in [2.75, 3.05) is 10.6 Å². The van der Waals surface area contributed by atoms with E-state index in [-0.39, 0.29) is 5.69 Å². The van der Waals surface area contributed by atoms with Crippen LogP contribution in [0.3, 0.4) is 0 Å². The van der Waals surface area contributed by atoms with Crippen molar-refractivity contribution >= 4 is 23.1 Å². The maximum absolute atomic E-state index is 12.5. The lowest BCUT2D eigenvalue weighted by Crippen LogP contribution is -2.14. The quantitative estimate of drug-likeness (QED) is 0.721. The number of alkyl halides is 3. The number of rotatable bonds is 4. The molecule has 2 aromatic carbocycles. The zero-order valence-corrected chi connectivity index (χ0v) is 13.3. The average molecular weight is 358 g/mol. The highest BCUT2D eigenvalue weighted by Crippen LogP contribution is 2.30. The van der Waals surface area contributed by atoms with Crippen molar-refractivity contribution in [3.8, 4) is 0 Å². The van der Waals surface area contributed by atoms with E-state index in [4.69, 9.17) is 0 Å². The van der Waals surface area contributed by atoms with Gasteiger partial charge in [0.25, 0.3) is 5.91 Å². The molecule has 0 unspecified atom stereocenters. The molecule has 1 aromatic heterocycles. The van der Waals surface area contributed by atoms with Gasteiger partial charge in [-0.05, 0) is 48.5 Å². The van der Waals surface area contributed by atoms with Gasteiger partial charge in [0.1, 0.15) is 0 Å². The Morgan fingerprint density at radius 1 is 0.808 bits per heavy atom. The van der Waals surface area contributed by atoms with Crippen molar-refractivity contribution in [2.24, 2.45) is 0 Å². The smallest absolute Gasteiger partial charge is 0.339 e. The van der Waals surface area contributed by atoms with Gasteiger partial charge in [-0.3, -0.25) is 4.79 Å². The molecule has 0 spiro atoms. The number of para-hydroxylation sites is 1. The van der Waals surface area contributed by atoms with E-state index in [2.05, 4.69) is 20.8 Å². The minimum Gasteiger partial charge on any atom is -0.339 e.